The lowest BCUT2D eigenvalue weighted by molar-refractivity contribution is 0.281. The molecule has 3 heteroatoms. The van der Waals surface area contributed by atoms with Gasteiger partial charge < -0.3 is 10.0 Å². The van der Waals surface area contributed by atoms with Crippen LogP contribution in [0.3, 0.4) is 0 Å². The van der Waals surface area contributed by atoms with E-state index in [1.807, 2.05) is 12.1 Å². The van der Waals surface area contributed by atoms with E-state index in [9.17, 15) is 0 Å². The van der Waals surface area contributed by atoms with E-state index in [0.29, 0.717) is 6.04 Å². The molecule has 1 N–H and O–H groups in total. The quantitative estimate of drug-likeness (QED) is 0.917. The molecule has 0 saturated carbocycles. The molecule has 0 heterocycles. The zero-order chi connectivity index (χ0) is 13.2. The SMILES string of the molecule is CC(N(C)c1ccc(CO)cc1Br)C(C)(C)C. The largest absolute Gasteiger partial charge is 0.392 e. The number of rotatable bonds is 3. The van der Waals surface area contributed by atoms with Crippen LogP contribution in [0.25, 0.3) is 0 Å². The van der Waals surface area contributed by atoms with Gasteiger partial charge in [0.05, 0.1) is 12.3 Å². The molecule has 0 aromatic heterocycles. The van der Waals surface area contributed by atoms with E-state index < -0.39 is 0 Å². The third kappa shape index (κ3) is 3.46. The van der Waals surface area contributed by atoms with Crippen molar-refractivity contribution in [2.45, 2.75) is 40.3 Å². The summed E-state index contributed by atoms with van der Waals surface area (Å²) in [6.45, 7) is 9.03. The van der Waals surface area contributed by atoms with E-state index in [0.717, 1.165) is 15.7 Å². The van der Waals surface area contributed by atoms with Gasteiger partial charge in [-0.1, -0.05) is 26.8 Å². The first kappa shape index (κ1) is 14.5. The molecule has 96 valence electrons. The highest BCUT2D eigenvalue weighted by Gasteiger charge is 2.25. The fourth-order valence-corrected chi connectivity index (χ4v) is 2.43. The molecule has 0 radical (unpaired) electrons. The van der Waals surface area contributed by atoms with Crippen LogP contribution in [0.2, 0.25) is 0 Å². The molecule has 0 aliphatic carbocycles. The Kier molecular flexibility index (Phi) is 4.62. The van der Waals surface area contributed by atoms with Gasteiger partial charge in [-0.25, -0.2) is 0 Å². The van der Waals surface area contributed by atoms with E-state index in [1.54, 1.807) is 0 Å². The molecule has 17 heavy (non-hydrogen) atoms. The van der Waals surface area contributed by atoms with Crippen molar-refractivity contribution < 1.29 is 5.11 Å². The van der Waals surface area contributed by atoms with Crippen LogP contribution in [0.1, 0.15) is 33.3 Å². The molecule has 1 aromatic rings. The minimum Gasteiger partial charge on any atom is -0.392 e. The van der Waals surface area contributed by atoms with Gasteiger partial charge >= 0.3 is 0 Å². The van der Waals surface area contributed by atoms with Crippen LogP contribution in [0.15, 0.2) is 22.7 Å². The van der Waals surface area contributed by atoms with Crippen molar-refractivity contribution in [3.8, 4) is 0 Å². The second-order valence-electron chi connectivity index (χ2n) is 5.60. The fourth-order valence-electron chi connectivity index (χ4n) is 1.72. The molecule has 0 spiro atoms. The van der Waals surface area contributed by atoms with Crippen LogP contribution in [0.5, 0.6) is 0 Å². The van der Waals surface area contributed by atoms with Gasteiger partial charge in [-0.2, -0.15) is 0 Å². The van der Waals surface area contributed by atoms with E-state index in [4.69, 9.17) is 5.11 Å². The summed E-state index contributed by atoms with van der Waals surface area (Å²) in [6.07, 6.45) is 0. The number of hydrogen-bond acceptors (Lipinski definition) is 2. The van der Waals surface area contributed by atoms with Gasteiger partial charge in [0.2, 0.25) is 0 Å². The van der Waals surface area contributed by atoms with Crippen LogP contribution in [0, 0.1) is 5.41 Å². The summed E-state index contributed by atoms with van der Waals surface area (Å²) in [4.78, 5) is 2.27. The average molecular weight is 300 g/mol. The molecule has 0 amide bonds. The van der Waals surface area contributed by atoms with Crippen molar-refractivity contribution in [3.05, 3.63) is 28.2 Å². The van der Waals surface area contributed by atoms with Crippen molar-refractivity contribution in [2.24, 2.45) is 5.41 Å². The molecule has 0 bridgehead atoms. The van der Waals surface area contributed by atoms with Crippen LogP contribution >= 0.6 is 15.9 Å². The third-order valence-electron chi connectivity index (χ3n) is 3.41. The summed E-state index contributed by atoms with van der Waals surface area (Å²) in [5.74, 6) is 0. The second kappa shape index (κ2) is 5.40. The Hall–Kier alpha value is -0.540. The third-order valence-corrected chi connectivity index (χ3v) is 4.04. The van der Waals surface area contributed by atoms with Gasteiger partial charge in [0.1, 0.15) is 0 Å². The maximum absolute atomic E-state index is 9.10. The topological polar surface area (TPSA) is 23.5 Å². The van der Waals surface area contributed by atoms with Gasteiger partial charge in [-0.05, 0) is 46.0 Å². The van der Waals surface area contributed by atoms with Crippen molar-refractivity contribution >= 4 is 21.6 Å². The summed E-state index contributed by atoms with van der Waals surface area (Å²) in [7, 11) is 2.11. The lowest BCUT2D eigenvalue weighted by Crippen LogP contribution is -2.39. The van der Waals surface area contributed by atoms with E-state index in [1.165, 1.54) is 0 Å². The average Bonchev–Trinajstić information content (AvgIpc) is 2.25. The number of aliphatic hydroxyl groups is 1. The highest BCUT2D eigenvalue weighted by atomic mass is 79.9. The van der Waals surface area contributed by atoms with E-state index in [2.05, 4.69) is 61.6 Å². The molecule has 0 aliphatic heterocycles. The smallest absolute Gasteiger partial charge is 0.0682 e. The first-order chi connectivity index (χ1) is 7.77. The first-order valence-corrected chi connectivity index (χ1v) is 6.68. The van der Waals surface area contributed by atoms with Crippen LogP contribution in [-0.2, 0) is 6.61 Å². The van der Waals surface area contributed by atoms with E-state index >= 15 is 0 Å². The molecule has 1 unspecified atom stereocenters. The predicted octanol–water partition coefficient (Wildman–Crippen LogP) is 3.81. The Morgan fingerprint density at radius 3 is 2.35 bits per heavy atom. The second-order valence-corrected chi connectivity index (χ2v) is 6.45. The van der Waals surface area contributed by atoms with Gasteiger partial charge in [-0.3, -0.25) is 0 Å². The predicted molar refractivity (Wildman–Crippen MR) is 77.4 cm³/mol. The number of halogens is 1. The molecular weight excluding hydrogens is 278 g/mol. The molecule has 0 aliphatic rings. The lowest BCUT2D eigenvalue weighted by atomic mass is 9.87. The van der Waals surface area contributed by atoms with Crippen molar-refractivity contribution in [1.82, 2.24) is 0 Å². The summed E-state index contributed by atoms with van der Waals surface area (Å²) in [6, 6.07) is 6.42. The molecule has 0 fully saturated rings. The van der Waals surface area contributed by atoms with Crippen molar-refractivity contribution in [2.75, 3.05) is 11.9 Å². The number of anilines is 1. The maximum Gasteiger partial charge on any atom is 0.0682 e. The molecule has 1 aromatic carbocycles. The van der Waals surface area contributed by atoms with Gasteiger partial charge in [0.25, 0.3) is 0 Å². The Bertz CT molecular complexity index is 384. The number of hydrogen-bond donors (Lipinski definition) is 1. The molecular formula is C14H22BrNO. The minimum absolute atomic E-state index is 0.0808. The summed E-state index contributed by atoms with van der Waals surface area (Å²) in [5, 5.41) is 9.10. The van der Waals surface area contributed by atoms with Gasteiger partial charge in [-0.15, -0.1) is 0 Å². The molecule has 0 saturated heterocycles. The van der Waals surface area contributed by atoms with Crippen molar-refractivity contribution in [3.63, 3.8) is 0 Å². The van der Waals surface area contributed by atoms with Crippen LogP contribution in [-0.4, -0.2) is 18.2 Å². The summed E-state index contributed by atoms with van der Waals surface area (Å²) < 4.78 is 1.03. The molecule has 1 rings (SSSR count). The normalized spacial score (nSPS) is 13.6. The fraction of sp³-hybridized carbons (Fsp3) is 0.571. The lowest BCUT2D eigenvalue weighted by Gasteiger charge is -2.37. The summed E-state index contributed by atoms with van der Waals surface area (Å²) >= 11 is 3.57. The van der Waals surface area contributed by atoms with E-state index in [-0.39, 0.29) is 12.0 Å². The van der Waals surface area contributed by atoms with Crippen molar-refractivity contribution in [1.29, 1.82) is 0 Å². The number of aliphatic hydroxyl groups excluding tert-OH is 1. The highest BCUT2D eigenvalue weighted by Crippen LogP contribution is 2.32. The van der Waals surface area contributed by atoms with Crippen LogP contribution in [0.4, 0.5) is 5.69 Å². The Labute approximate surface area is 113 Å². The maximum atomic E-state index is 9.10. The Balaban J connectivity index is 3.01. The van der Waals surface area contributed by atoms with Gasteiger partial charge in [0, 0.05) is 17.6 Å². The zero-order valence-corrected chi connectivity index (χ0v) is 12.9. The zero-order valence-electron chi connectivity index (χ0n) is 11.3. The monoisotopic (exact) mass is 299 g/mol. The Morgan fingerprint density at radius 1 is 1.35 bits per heavy atom. The molecule has 2 nitrogen and oxygen atoms in total. The molecule has 1 atom stereocenters. The number of nitrogens with zero attached hydrogens (tertiary/aromatic N) is 1. The van der Waals surface area contributed by atoms with Crippen LogP contribution < -0.4 is 4.90 Å². The van der Waals surface area contributed by atoms with Gasteiger partial charge in [0.15, 0.2) is 0 Å². The Morgan fingerprint density at radius 2 is 1.94 bits per heavy atom. The highest BCUT2D eigenvalue weighted by molar-refractivity contribution is 9.10. The minimum atomic E-state index is 0.0808. The summed E-state index contributed by atoms with van der Waals surface area (Å²) in [5.41, 5.74) is 2.31. The first-order valence-electron chi connectivity index (χ1n) is 5.89. The number of benzene rings is 1. The standard InChI is InChI=1S/C14H22BrNO/c1-10(14(2,3)4)16(5)13-7-6-11(9-17)8-12(13)15/h6-8,10,17H,9H2,1-5H3.